The second-order valence-corrected chi connectivity index (χ2v) is 6.79. The van der Waals surface area contributed by atoms with E-state index in [2.05, 4.69) is 63.2 Å². The first-order chi connectivity index (χ1) is 12.2. The van der Waals surface area contributed by atoms with Gasteiger partial charge in [-0.25, -0.2) is 4.57 Å². The van der Waals surface area contributed by atoms with Gasteiger partial charge in [-0.2, -0.15) is 0 Å². The minimum atomic E-state index is 0. The average molecular weight is 475 g/mol. The van der Waals surface area contributed by atoms with E-state index in [1.165, 1.54) is 5.56 Å². The lowest BCUT2D eigenvalue weighted by atomic mass is 10.2. The Hall–Kier alpha value is -2.11. The number of benzene rings is 2. The van der Waals surface area contributed by atoms with E-state index in [0.717, 1.165) is 39.1 Å². The van der Waals surface area contributed by atoms with Crippen molar-refractivity contribution in [2.24, 2.45) is 0 Å². The summed E-state index contributed by atoms with van der Waals surface area (Å²) >= 11 is 3.51. The van der Waals surface area contributed by atoms with E-state index in [1.807, 2.05) is 30.3 Å². The Kier molecular flexibility index (Phi) is 5.79. The Balaban J connectivity index is 0.00000196. The van der Waals surface area contributed by atoms with Crippen LogP contribution in [0.1, 0.15) is 5.56 Å². The molecule has 0 aliphatic carbocycles. The molecule has 132 valence electrons. The lowest BCUT2D eigenvalue weighted by molar-refractivity contribution is -0.688. The summed E-state index contributed by atoms with van der Waals surface area (Å²) in [6.45, 7) is 0.827. The molecule has 2 heterocycles. The van der Waals surface area contributed by atoms with Crippen LogP contribution in [0.25, 0.3) is 22.3 Å². The molecule has 26 heavy (non-hydrogen) atoms. The Bertz CT molecular complexity index is 1030. The van der Waals surface area contributed by atoms with Crippen LogP contribution in [-0.2, 0) is 6.54 Å². The number of para-hydroxylation sites is 1. The molecule has 0 atom stereocenters. The fraction of sp³-hybridized carbons (Fsp3) is 0.0952. The van der Waals surface area contributed by atoms with Gasteiger partial charge in [0.05, 0.1) is 7.11 Å². The van der Waals surface area contributed by atoms with Gasteiger partial charge in [-0.15, -0.1) is 0 Å². The maximum Gasteiger partial charge on any atom is 0.176 e. The third-order valence-electron chi connectivity index (χ3n) is 4.16. The van der Waals surface area contributed by atoms with Crippen molar-refractivity contribution in [1.29, 1.82) is 0 Å². The first kappa shape index (κ1) is 18.7. The van der Waals surface area contributed by atoms with Crippen LogP contribution in [0.5, 0.6) is 5.75 Å². The van der Waals surface area contributed by atoms with Gasteiger partial charge in [0.15, 0.2) is 30.3 Å². The van der Waals surface area contributed by atoms with Crippen LogP contribution in [0.2, 0.25) is 0 Å². The summed E-state index contributed by atoms with van der Waals surface area (Å²) in [5.74, 6) is 1.60. The van der Waals surface area contributed by atoms with Crippen LogP contribution in [0.4, 0.5) is 0 Å². The molecule has 2 aromatic heterocycles. The van der Waals surface area contributed by atoms with E-state index in [9.17, 15) is 0 Å². The number of methoxy groups -OCH3 is 1. The van der Waals surface area contributed by atoms with Crippen LogP contribution >= 0.6 is 15.9 Å². The number of halogens is 2. The molecule has 0 radical (unpaired) electrons. The number of aromatic nitrogens is 1. The smallest absolute Gasteiger partial charge is 0.176 e. The lowest BCUT2D eigenvalue weighted by Crippen LogP contribution is -3.00. The van der Waals surface area contributed by atoms with E-state index in [1.54, 1.807) is 7.11 Å². The zero-order valence-electron chi connectivity index (χ0n) is 14.2. The van der Waals surface area contributed by atoms with Crippen LogP contribution < -0.4 is 26.3 Å². The number of furan rings is 1. The number of hydrogen-bond donors (Lipinski definition) is 0. The second-order valence-electron chi connectivity index (χ2n) is 5.88. The fourth-order valence-electron chi connectivity index (χ4n) is 2.91. The number of nitrogens with zero attached hydrogens (tertiary/aromatic N) is 1. The minimum Gasteiger partial charge on any atom is -1.00 e. The van der Waals surface area contributed by atoms with E-state index in [0.29, 0.717) is 0 Å². The molecule has 0 saturated carbocycles. The molecule has 0 saturated heterocycles. The largest absolute Gasteiger partial charge is 1.00 e. The van der Waals surface area contributed by atoms with Crippen molar-refractivity contribution in [2.75, 3.05) is 7.11 Å². The number of fused-ring (bicyclic) bond motifs is 1. The van der Waals surface area contributed by atoms with Gasteiger partial charge in [0.1, 0.15) is 5.76 Å². The van der Waals surface area contributed by atoms with Gasteiger partial charge < -0.3 is 26.1 Å². The molecule has 0 spiro atoms. The summed E-state index contributed by atoms with van der Waals surface area (Å²) in [5, 5.41) is 1.04. The van der Waals surface area contributed by atoms with Crippen molar-refractivity contribution in [3.8, 4) is 17.1 Å². The maximum atomic E-state index is 6.01. The Morgan fingerprint density at radius 1 is 1.00 bits per heavy atom. The van der Waals surface area contributed by atoms with Gasteiger partial charge in [0.2, 0.25) is 0 Å². The van der Waals surface area contributed by atoms with Crippen molar-refractivity contribution in [1.82, 2.24) is 0 Å². The third-order valence-corrected chi connectivity index (χ3v) is 4.65. The molecule has 2 aromatic carbocycles. The summed E-state index contributed by atoms with van der Waals surface area (Å²) in [7, 11) is 1.66. The quantitative estimate of drug-likeness (QED) is 0.424. The molecule has 0 N–H and O–H groups in total. The highest BCUT2D eigenvalue weighted by atomic mass is 79.9. The highest BCUT2D eigenvalue weighted by molar-refractivity contribution is 9.10. The second kappa shape index (κ2) is 8.06. The molecule has 5 heteroatoms. The number of ether oxygens (including phenoxy) is 1. The first-order valence-corrected chi connectivity index (χ1v) is 8.83. The van der Waals surface area contributed by atoms with Crippen molar-refractivity contribution >= 4 is 26.9 Å². The van der Waals surface area contributed by atoms with Crippen LogP contribution in [-0.4, -0.2) is 7.11 Å². The van der Waals surface area contributed by atoms with Crippen molar-refractivity contribution in [3.05, 3.63) is 83.1 Å². The van der Waals surface area contributed by atoms with Crippen molar-refractivity contribution in [2.45, 2.75) is 6.54 Å². The predicted molar refractivity (Wildman–Crippen MR) is 102 cm³/mol. The maximum absolute atomic E-state index is 6.01. The Labute approximate surface area is 171 Å². The summed E-state index contributed by atoms with van der Waals surface area (Å²) in [4.78, 5) is 0. The van der Waals surface area contributed by atoms with Gasteiger partial charge in [-0.05, 0) is 24.3 Å². The highest BCUT2D eigenvalue weighted by Crippen LogP contribution is 2.32. The number of rotatable bonds is 4. The minimum absolute atomic E-state index is 0. The van der Waals surface area contributed by atoms with E-state index in [4.69, 9.17) is 9.15 Å². The zero-order valence-corrected chi connectivity index (χ0v) is 17.3. The average Bonchev–Trinajstić information content (AvgIpc) is 3.06. The van der Waals surface area contributed by atoms with Gasteiger partial charge in [-0.3, -0.25) is 0 Å². The first-order valence-electron chi connectivity index (χ1n) is 8.03. The van der Waals surface area contributed by atoms with Crippen LogP contribution in [0.15, 0.2) is 81.9 Å². The van der Waals surface area contributed by atoms with Gasteiger partial charge in [0, 0.05) is 33.1 Å². The molecule has 0 aliphatic rings. The number of pyridine rings is 1. The molecule has 0 bridgehead atoms. The molecule has 4 aromatic rings. The molecule has 0 fully saturated rings. The normalized spacial score (nSPS) is 10.5. The van der Waals surface area contributed by atoms with Crippen molar-refractivity contribution in [3.63, 3.8) is 0 Å². The molecule has 0 amide bonds. The molecule has 0 aliphatic heterocycles. The molecule has 0 unspecified atom stereocenters. The van der Waals surface area contributed by atoms with E-state index in [-0.39, 0.29) is 17.0 Å². The summed E-state index contributed by atoms with van der Waals surface area (Å²) in [5.41, 5.74) is 3.08. The molecular weight excluding hydrogens is 458 g/mol. The Morgan fingerprint density at radius 2 is 1.77 bits per heavy atom. The molecular formula is C21H17Br2NO2. The lowest BCUT2D eigenvalue weighted by Gasteiger charge is -2.00. The van der Waals surface area contributed by atoms with Gasteiger partial charge in [-0.1, -0.05) is 40.2 Å². The standard InChI is InChI=1S/C21H17BrNO2.BrH/c1-24-19-7-3-5-17-13-20(25-21(17)19)16-8-10-23(11-9-16)14-15-4-2-6-18(22)12-15;/h2-13H,14H2,1H3;1H/q+1;/p-1. The van der Waals surface area contributed by atoms with Crippen molar-refractivity contribution < 1.29 is 30.7 Å². The van der Waals surface area contributed by atoms with Crippen LogP contribution in [0, 0.1) is 0 Å². The zero-order chi connectivity index (χ0) is 17.2. The van der Waals surface area contributed by atoms with E-state index < -0.39 is 0 Å². The molecule has 4 rings (SSSR count). The fourth-order valence-corrected chi connectivity index (χ4v) is 3.36. The number of hydrogen-bond acceptors (Lipinski definition) is 2. The summed E-state index contributed by atoms with van der Waals surface area (Å²) < 4.78 is 14.6. The molecule has 3 nitrogen and oxygen atoms in total. The monoisotopic (exact) mass is 473 g/mol. The highest BCUT2D eigenvalue weighted by Gasteiger charge is 2.11. The van der Waals surface area contributed by atoms with Crippen LogP contribution in [0.3, 0.4) is 0 Å². The van der Waals surface area contributed by atoms with Gasteiger partial charge in [0.25, 0.3) is 0 Å². The van der Waals surface area contributed by atoms with E-state index >= 15 is 0 Å². The topological polar surface area (TPSA) is 26.2 Å². The SMILES string of the molecule is COc1cccc2cc(-c3cc[n+](Cc4cccc(Br)c4)cc3)oc12.[Br-]. The third kappa shape index (κ3) is 3.84. The Morgan fingerprint density at radius 3 is 2.50 bits per heavy atom. The summed E-state index contributed by atoms with van der Waals surface area (Å²) in [6, 6.07) is 20.4. The van der Waals surface area contributed by atoms with Gasteiger partial charge >= 0.3 is 0 Å². The summed E-state index contributed by atoms with van der Waals surface area (Å²) in [6.07, 6.45) is 4.14. The predicted octanol–water partition coefficient (Wildman–Crippen LogP) is 2.21.